The lowest BCUT2D eigenvalue weighted by Crippen LogP contribution is -1.90. The van der Waals surface area contributed by atoms with Gasteiger partial charge in [0.15, 0.2) is 0 Å². The summed E-state index contributed by atoms with van der Waals surface area (Å²) < 4.78 is 0. The highest BCUT2D eigenvalue weighted by Crippen LogP contribution is 1.71. The van der Waals surface area contributed by atoms with E-state index in [9.17, 15) is 0 Å². The van der Waals surface area contributed by atoms with E-state index in [-0.39, 0.29) is 17.8 Å². The minimum atomic E-state index is 0. The van der Waals surface area contributed by atoms with E-state index in [4.69, 9.17) is 32.4 Å². The summed E-state index contributed by atoms with van der Waals surface area (Å²) in [4.78, 5) is 1.75. The first-order valence-corrected chi connectivity index (χ1v) is 1.49. The molecular weight excluding hydrogens is 210 g/mol. The van der Waals surface area contributed by atoms with Crippen LogP contribution < -0.4 is 12.3 Å². The number of nitrogens with one attached hydrogen (secondary N) is 1. The number of hydrogen-bond donors (Lipinski definition) is 5. The molecule has 88 valence electrons. The van der Waals surface area contributed by atoms with Crippen LogP contribution in [0.3, 0.4) is 0 Å². The first kappa shape index (κ1) is 39.4. The van der Waals surface area contributed by atoms with Crippen LogP contribution in [0.2, 0.25) is 0 Å². The van der Waals surface area contributed by atoms with E-state index >= 15 is 0 Å². The van der Waals surface area contributed by atoms with Crippen molar-refractivity contribution in [2.24, 2.45) is 0 Å². The summed E-state index contributed by atoms with van der Waals surface area (Å²) in [5.74, 6) is 0. The maximum absolute atomic E-state index is 7.16. The van der Waals surface area contributed by atoms with Gasteiger partial charge in [0.25, 0.3) is 0 Å². The minimum absolute atomic E-state index is 0. The lowest BCUT2D eigenvalue weighted by Gasteiger charge is -1.84. The van der Waals surface area contributed by atoms with Gasteiger partial charge in [-0.15, -0.1) is 5.53 Å². The average Bonchev–Trinajstić information content (AvgIpc) is 2.06. The zero-order valence-electron chi connectivity index (χ0n) is 6.73. The molecule has 0 aliphatic rings. The number of rotatable bonds is 3. The summed E-state index contributed by atoms with van der Waals surface area (Å²) in [5, 5.41) is 38.0. The second-order valence-corrected chi connectivity index (χ2v) is 0.385. The highest BCUT2D eigenvalue weighted by atomic mass is 17.8. The fraction of sp³-hybridized carbons (Fsp3) is 0. The van der Waals surface area contributed by atoms with E-state index in [0.29, 0.717) is 0 Å². The molecule has 0 saturated carbocycles. The normalized spacial score (nSPS) is 4.57. The van der Waals surface area contributed by atoms with Crippen LogP contribution in [0.4, 0.5) is 0 Å². The van der Waals surface area contributed by atoms with Gasteiger partial charge in [0.05, 0.1) is 0 Å². The summed E-state index contributed by atoms with van der Waals surface area (Å²) >= 11 is 0. The molecule has 14 heavy (non-hydrogen) atoms. The van der Waals surface area contributed by atoms with Crippen molar-refractivity contribution >= 4 is 0 Å². The van der Waals surface area contributed by atoms with Crippen molar-refractivity contribution in [3.8, 4) is 0 Å². The zero-order valence-corrected chi connectivity index (χ0v) is 6.73. The van der Waals surface area contributed by atoms with Crippen LogP contribution in [-0.4, -0.2) is 16.0 Å². The lowest BCUT2D eigenvalue weighted by molar-refractivity contribution is -0.749. The fourth-order valence-corrected chi connectivity index (χ4v) is 0.0248. The monoisotopic (exact) mass is 221 g/mol. The molecule has 11 N–H and O–H groups in total. The van der Waals surface area contributed by atoms with Gasteiger partial charge in [-0.2, -0.15) is 0 Å². The third kappa shape index (κ3) is 485. The number of hydrogen-bond acceptors (Lipinski definition) is 11. The minimum Gasteiger partial charge on any atom is -0.412 e. The van der Waals surface area contributed by atoms with Gasteiger partial charge < -0.3 is 17.8 Å². The Morgan fingerprint density at radius 1 is 1.07 bits per heavy atom. The van der Waals surface area contributed by atoms with E-state index in [0.717, 1.165) is 0 Å². The smallest absolute Gasteiger partial charge is 0 e. The van der Waals surface area contributed by atoms with Gasteiger partial charge in [0.1, 0.15) is 0 Å². The molecule has 0 aromatic carbocycles. The molecule has 0 aromatic heterocycles. The lowest BCUT2D eigenvalue weighted by atomic mass is 13.0. The summed E-state index contributed by atoms with van der Waals surface area (Å²) in [6, 6.07) is 0. The van der Waals surface area contributed by atoms with Crippen molar-refractivity contribution < 1.29 is 36.1 Å². The van der Waals surface area contributed by atoms with Crippen molar-refractivity contribution in [2.45, 2.75) is 0 Å². The largest absolute Gasteiger partial charge is 0.412 e. The molecule has 0 aliphatic heterocycles. The Labute approximate surface area is 76.5 Å². The third-order valence-corrected chi connectivity index (χ3v) is 0.0886. The molecule has 0 heterocycles. The van der Waals surface area contributed by atoms with E-state index in [2.05, 4.69) is 20.2 Å². The molecule has 0 spiro atoms. The molecule has 0 radical (unpaired) electrons. The van der Waals surface area contributed by atoms with Crippen LogP contribution in [0.25, 0.3) is 10.4 Å². The van der Waals surface area contributed by atoms with Gasteiger partial charge in [-0.05, 0) is 30.6 Å². The fourth-order valence-electron chi connectivity index (χ4n) is 0.0248. The summed E-state index contributed by atoms with van der Waals surface area (Å²) in [7, 11) is 0. The molecule has 0 fully saturated rings. The predicted molar refractivity (Wildman–Crippen MR) is 36.1 cm³/mol. The van der Waals surface area contributed by atoms with Crippen LogP contribution in [0.1, 0.15) is 0 Å². The Hall–Kier alpha value is -1.63. The average molecular weight is 221 g/mol. The molecular formula is H11N7O7. The van der Waals surface area contributed by atoms with E-state index in [1.165, 1.54) is 0 Å². The van der Waals surface area contributed by atoms with Gasteiger partial charge in [-0.1, -0.05) is 0 Å². The van der Waals surface area contributed by atoms with Gasteiger partial charge in [0.2, 0.25) is 0 Å². The van der Waals surface area contributed by atoms with Gasteiger partial charge in [-0.25, -0.2) is 10.5 Å². The molecule has 0 unspecified atom stereocenters. The Balaban J connectivity index is -0.0000000178. The van der Waals surface area contributed by atoms with Crippen molar-refractivity contribution in [2.75, 3.05) is 0 Å². The molecule has 0 atom stereocenters. The topological polar surface area (TPSA) is 287 Å². The standard InChI is InChI=1S/HN3.N2.2H3N.H2O6.H2O/c1-3-2;1-2;;;1-3-5-6-4-2;/h1H;;2*1H3;1-2H;1H2. The van der Waals surface area contributed by atoms with Crippen molar-refractivity contribution in [1.82, 2.24) is 12.3 Å². The predicted octanol–water partition coefficient (Wildman–Crippen LogP) is 0.149. The maximum Gasteiger partial charge on any atom is 0 e. The summed E-state index contributed by atoms with van der Waals surface area (Å²) in [5.41, 5.74) is 12.2. The quantitative estimate of drug-likeness (QED) is 0.0815. The summed E-state index contributed by atoms with van der Waals surface area (Å²) in [6.45, 7) is 0. The van der Waals surface area contributed by atoms with Crippen molar-refractivity contribution in [3.05, 3.63) is 10.4 Å². The Kier molecular flexibility index (Phi) is 303. The highest BCUT2D eigenvalue weighted by Gasteiger charge is 1.77. The maximum atomic E-state index is 7.16. The Bertz CT molecular complexity index is 91.5. The molecule has 0 amide bonds. The summed E-state index contributed by atoms with van der Waals surface area (Å²) in [6.07, 6.45) is 0. The van der Waals surface area contributed by atoms with Crippen molar-refractivity contribution in [1.29, 1.82) is 16.3 Å². The second kappa shape index (κ2) is 108. The Morgan fingerprint density at radius 2 is 1.21 bits per heavy atom. The van der Waals surface area contributed by atoms with Crippen LogP contribution in [-0.2, 0) is 20.2 Å². The van der Waals surface area contributed by atoms with Crippen LogP contribution in [0, 0.1) is 16.3 Å². The van der Waals surface area contributed by atoms with E-state index < -0.39 is 0 Å². The van der Waals surface area contributed by atoms with Crippen LogP contribution >= 0.6 is 0 Å². The molecule has 14 nitrogen and oxygen atoms in total. The Morgan fingerprint density at radius 3 is 1.29 bits per heavy atom. The van der Waals surface area contributed by atoms with Crippen molar-refractivity contribution in [3.63, 3.8) is 0 Å². The molecule has 0 aliphatic carbocycles. The van der Waals surface area contributed by atoms with Gasteiger partial charge in [-0.3, -0.25) is 0 Å². The first-order chi connectivity index (χ1) is 5.33. The molecule has 14 heteroatoms. The van der Waals surface area contributed by atoms with Crippen LogP contribution in [0.15, 0.2) is 0 Å². The van der Waals surface area contributed by atoms with E-state index in [1.807, 2.05) is 0 Å². The zero-order chi connectivity index (χ0) is 9.54. The molecule has 0 saturated heterocycles. The first-order valence-electron chi connectivity index (χ1n) is 1.49. The SMILES string of the molecule is N.N.N#N.O.OOOOOO.[N-]=[N+]=N. The van der Waals surface area contributed by atoms with Crippen LogP contribution in [0.5, 0.6) is 0 Å². The van der Waals surface area contributed by atoms with Gasteiger partial charge >= 0.3 is 0 Å². The third-order valence-electron chi connectivity index (χ3n) is 0.0886. The molecule has 0 rings (SSSR count). The van der Waals surface area contributed by atoms with E-state index in [1.54, 1.807) is 4.91 Å². The number of nitrogens with zero attached hydrogens (tertiary/aromatic N) is 4. The highest BCUT2D eigenvalue weighted by molar-refractivity contribution is 4.18. The van der Waals surface area contributed by atoms with Gasteiger partial charge in [0, 0.05) is 10.8 Å². The molecule has 0 aromatic rings. The molecule has 0 bridgehead atoms. The second-order valence-electron chi connectivity index (χ2n) is 0.385.